The molecule has 8 heteroatoms. The molecule has 33 heavy (non-hydrogen) atoms. The highest BCUT2D eigenvalue weighted by atomic mass is 19.4. The highest BCUT2D eigenvalue weighted by Gasteiger charge is 2.43. The Bertz CT molecular complexity index is 1310. The van der Waals surface area contributed by atoms with E-state index in [1.54, 1.807) is 31.4 Å². The van der Waals surface area contributed by atoms with Gasteiger partial charge in [0.15, 0.2) is 0 Å². The summed E-state index contributed by atoms with van der Waals surface area (Å²) >= 11 is 0. The molecule has 5 nitrogen and oxygen atoms in total. The fourth-order valence-electron chi connectivity index (χ4n) is 4.16. The number of anilines is 1. The van der Waals surface area contributed by atoms with E-state index in [0.717, 1.165) is 23.3 Å². The Kier molecular flexibility index (Phi) is 4.92. The quantitative estimate of drug-likeness (QED) is 0.425. The van der Waals surface area contributed by atoms with Gasteiger partial charge in [-0.15, -0.1) is 0 Å². The molecule has 0 radical (unpaired) electrons. The average molecular weight is 449 g/mol. The summed E-state index contributed by atoms with van der Waals surface area (Å²) in [6, 6.07) is 20.6. The zero-order chi connectivity index (χ0) is 23.2. The molecular formula is C25H18F3N3O2. The summed E-state index contributed by atoms with van der Waals surface area (Å²) in [5.74, 6) is 0.184. The monoisotopic (exact) mass is 449 g/mol. The number of amides is 1. The highest BCUT2D eigenvalue weighted by Crippen LogP contribution is 2.46. The van der Waals surface area contributed by atoms with Crippen LogP contribution < -0.4 is 9.64 Å². The number of carbonyl (C=O) groups excluding carboxylic acids is 1. The molecule has 3 aromatic carbocycles. The Morgan fingerprint density at radius 3 is 2.36 bits per heavy atom. The number of alkyl halides is 3. The third kappa shape index (κ3) is 3.53. The normalized spacial score (nSPS) is 15.6. The van der Waals surface area contributed by atoms with Gasteiger partial charge in [0.1, 0.15) is 11.4 Å². The van der Waals surface area contributed by atoms with Crippen LogP contribution >= 0.6 is 0 Å². The molecule has 4 aromatic rings. The Balaban J connectivity index is 1.70. The molecule has 0 saturated heterocycles. The number of hydrogen-bond acceptors (Lipinski definition) is 3. The van der Waals surface area contributed by atoms with Crippen molar-refractivity contribution in [3.8, 4) is 17.0 Å². The molecule has 0 bridgehead atoms. The first kappa shape index (κ1) is 20.8. The van der Waals surface area contributed by atoms with Crippen LogP contribution in [0.2, 0.25) is 0 Å². The van der Waals surface area contributed by atoms with Crippen LogP contribution in [0.5, 0.6) is 5.75 Å². The predicted molar refractivity (Wildman–Crippen MR) is 117 cm³/mol. The summed E-state index contributed by atoms with van der Waals surface area (Å²) < 4.78 is 45.5. The molecule has 5 rings (SSSR count). The predicted octanol–water partition coefficient (Wildman–Crippen LogP) is 5.85. The number of nitrogens with one attached hydrogen (secondary N) is 1. The van der Waals surface area contributed by atoms with E-state index in [4.69, 9.17) is 4.74 Å². The number of fused-ring (bicyclic) bond motifs is 1. The summed E-state index contributed by atoms with van der Waals surface area (Å²) in [7, 11) is 1.55. The Hall–Kier alpha value is -4.07. The van der Waals surface area contributed by atoms with Crippen molar-refractivity contribution >= 4 is 11.6 Å². The second-order valence-corrected chi connectivity index (χ2v) is 7.63. The van der Waals surface area contributed by atoms with Crippen molar-refractivity contribution < 1.29 is 22.7 Å². The maximum atomic E-state index is 13.5. The minimum atomic E-state index is -4.53. The van der Waals surface area contributed by atoms with Gasteiger partial charge in [0, 0.05) is 16.8 Å². The molecule has 1 aromatic heterocycles. The first-order chi connectivity index (χ1) is 15.9. The number of halogens is 3. The van der Waals surface area contributed by atoms with Crippen LogP contribution in [-0.2, 0) is 6.18 Å². The molecular weight excluding hydrogens is 431 g/mol. The van der Waals surface area contributed by atoms with E-state index in [1.807, 2.05) is 30.3 Å². The van der Waals surface area contributed by atoms with Gasteiger partial charge >= 0.3 is 6.18 Å². The van der Waals surface area contributed by atoms with Crippen LogP contribution in [0.4, 0.5) is 18.9 Å². The van der Waals surface area contributed by atoms with Gasteiger partial charge in [0.05, 0.1) is 24.4 Å². The van der Waals surface area contributed by atoms with Crippen LogP contribution in [0.15, 0.2) is 78.9 Å². The number of methoxy groups -OCH3 is 1. The summed E-state index contributed by atoms with van der Waals surface area (Å²) in [4.78, 5) is 14.8. The van der Waals surface area contributed by atoms with Gasteiger partial charge in [0.2, 0.25) is 0 Å². The van der Waals surface area contributed by atoms with Crippen molar-refractivity contribution in [2.75, 3.05) is 12.0 Å². The maximum Gasteiger partial charge on any atom is 0.416 e. The van der Waals surface area contributed by atoms with E-state index in [-0.39, 0.29) is 11.4 Å². The minimum absolute atomic E-state index is 0.152. The highest BCUT2D eigenvalue weighted by molar-refractivity contribution is 6.11. The van der Waals surface area contributed by atoms with Crippen LogP contribution in [0, 0.1) is 0 Å². The third-order valence-corrected chi connectivity index (χ3v) is 5.70. The molecule has 1 aliphatic rings. The number of aromatic amines is 1. The van der Waals surface area contributed by atoms with Gasteiger partial charge in [-0.3, -0.25) is 14.8 Å². The molecule has 0 saturated carbocycles. The number of ether oxygens (including phenoxy) is 1. The second kappa shape index (κ2) is 7.81. The topological polar surface area (TPSA) is 58.2 Å². The number of carbonyl (C=O) groups is 1. The van der Waals surface area contributed by atoms with E-state index in [2.05, 4.69) is 10.2 Å². The number of nitrogens with zero attached hydrogens (tertiary/aromatic N) is 2. The lowest BCUT2D eigenvalue weighted by Gasteiger charge is -2.27. The van der Waals surface area contributed by atoms with Crippen LogP contribution in [-0.4, -0.2) is 23.2 Å². The standard InChI is InChI=1S/C25H18F3N3O2/c1-33-19-12-10-16(11-13-19)23-20-21(15-6-3-2-4-7-15)29-30-22(20)24(32)31(23)18-9-5-8-17(14-18)25(26,27)28/h2-14,23H,1H3,(H,29,30)/t23-/m1/s1. The van der Waals surface area contributed by atoms with E-state index in [9.17, 15) is 18.0 Å². The van der Waals surface area contributed by atoms with Crippen molar-refractivity contribution in [2.24, 2.45) is 0 Å². The SMILES string of the molecule is COc1ccc([C@@H]2c3c(-c4ccccc4)n[nH]c3C(=O)N2c2cccc(C(F)(F)F)c2)cc1. The summed E-state index contributed by atoms with van der Waals surface area (Å²) in [6.45, 7) is 0. The van der Waals surface area contributed by atoms with Crippen molar-refractivity contribution in [2.45, 2.75) is 12.2 Å². The molecule has 0 aliphatic carbocycles. The summed E-state index contributed by atoms with van der Waals surface area (Å²) in [6.07, 6.45) is -4.53. The average Bonchev–Trinajstić information content (AvgIpc) is 3.38. The molecule has 0 unspecified atom stereocenters. The number of aromatic nitrogens is 2. The van der Waals surface area contributed by atoms with E-state index in [0.29, 0.717) is 17.0 Å². The lowest BCUT2D eigenvalue weighted by atomic mass is 9.95. The van der Waals surface area contributed by atoms with Gasteiger partial charge < -0.3 is 4.74 Å². The number of hydrogen-bond donors (Lipinski definition) is 1. The third-order valence-electron chi connectivity index (χ3n) is 5.70. The Labute approximate surface area is 187 Å². The van der Waals surface area contributed by atoms with Crippen LogP contribution in [0.1, 0.15) is 33.2 Å². The summed E-state index contributed by atoms with van der Waals surface area (Å²) in [5, 5.41) is 7.19. The lowest BCUT2D eigenvalue weighted by molar-refractivity contribution is -0.137. The molecule has 166 valence electrons. The molecule has 1 atom stereocenters. The molecule has 0 spiro atoms. The summed E-state index contributed by atoms with van der Waals surface area (Å²) in [5.41, 5.74) is 2.30. The molecule has 1 aliphatic heterocycles. The van der Waals surface area contributed by atoms with Gasteiger partial charge in [-0.05, 0) is 35.9 Å². The van der Waals surface area contributed by atoms with E-state index >= 15 is 0 Å². The number of rotatable bonds is 4. The zero-order valence-corrected chi connectivity index (χ0v) is 17.4. The molecule has 2 heterocycles. The van der Waals surface area contributed by atoms with E-state index < -0.39 is 23.7 Å². The second-order valence-electron chi connectivity index (χ2n) is 7.63. The first-order valence-electron chi connectivity index (χ1n) is 10.2. The maximum absolute atomic E-state index is 13.5. The van der Waals surface area contributed by atoms with Crippen molar-refractivity contribution in [3.63, 3.8) is 0 Å². The molecule has 1 N–H and O–H groups in total. The van der Waals surface area contributed by atoms with Crippen molar-refractivity contribution in [3.05, 3.63) is 101 Å². The van der Waals surface area contributed by atoms with E-state index in [1.165, 1.54) is 17.0 Å². The largest absolute Gasteiger partial charge is 0.497 e. The Morgan fingerprint density at radius 1 is 0.970 bits per heavy atom. The molecule has 1 amide bonds. The number of benzene rings is 3. The molecule has 0 fully saturated rings. The van der Waals surface area contributed by atoms with Crippen molar-refractivity contribution in [1.29, 1.82) is 0 Å². The van der Waals surface area contributed by atoms with Gasteiger partial charge in [-0.1, -0.05) is 48.5 Å². The number of H-pyrrole nitrogens is 1. The van der Waals surface area contributed by atoms with Crippen LogP contribution in [0.25, 0.3) is 11.3 Å². The smallest absolute Gasteiger partial charge is 0.416 e. The van der Waals surface area contributed by atoms with Gasteiger partial charge in [0.25, 0.3) is 5.91 Å². The van der Waals surface area contributed by atoms with Crippen LogP contribution in [0.3, 0.4) is 0 Å². The lowest BCUT2D eigenvalue weighted by Crippen LogP contribution is -2.29. The van der Waals surface area contributed by atoms with Crippen molar-refractivity contribution in [1.82, 2.24) is 10.2 Å². The zero-order valence-electron chi connectivity index (χ0n) is 17.4. The fourth-order valence-corrected chi connectivity index (χ4v) is 4.16. The first-order valence-corrected chi connectivity index (χ1v) is 10.2. The Morgan fingerprint density at radius 2 is 1.70 bits per heavy atom. The minimum Gasteiger partial charge on any atom is -0.497 e. The van der Waals surface area contributed by atoms with Gasteiger partial charge in [-0.2, -0.15) is 18.3 Å². The van der Waals surface area contributed by atoms with Gasteiger partial charge in [-0.25, -0.2) is 0 Å². The fraction of sp³-hybridized carbons (Fsp3) is 0.120.